The number of fused-ring (bicyclic) bond motifs is 6. The first-order chi connectivity index (χ1) is 22.3. The van der Waals surface area contributed by atoms with Crippen molar-refractivity contribution >= 4 is 70.4 Å². The third-order valence-electron chi connectivity index (χ3n) is 8.49. The largest absolute Gasteiger partial charge is 0.436 e. The van der Waals surface area contributed by atoms with Crippen LogP contribution in [0.3, 0.4) is 0 Å². The average Bonchev–Trinajstić information content (AvgIpc) is 3.71. The van der Waals surface area contributed by atoms with Crippen LogP contribution in [0.1, 0.15) is 0 Å². The molecule has 9 aromatic rings. The van der Waals surface area contributed by atoms with Crippen LogP contribution >= 0.6 is 11.3 Å². The van der Waals surface area contributed by atoms with E-state index < -0.39 is 0 Å². The molecule has 0 aliphatic rings. The van der Waals surface area contributed by atoms with Gasteiger partial charge in [-0.25, -0.2) is 4.98 Å². The van der Waals surface area contributed by atoms with E-state index in [0.29, 0.717) is 5.89 Å². The van der Waals surface area contributed by atoms with Gasteiger partial charge in [-0.2, -0.15) is 0 Å². The van der Waals surface area contributed by atoms with Gasteiger partial charge in [-0.1, -0.05) is 91.0 Å². The smallest absolute Gasteiger partial charge is 0.227 e. The van der Waals surface area contributed by atoms with Crippen molar-refractivity contribution in [3.05, 3.63) is 158 Å². The number of rotatable bonds is 5. The molecule has 0 unspecified atom stereocenters. The van der Waals surface area contributed by atoms with Crippen molar-refractivity contribution in [2.45, 2.75) is 0 Å². The van der Waals surface area contributed by atoms with Crippen molar-refractivity contribution < 1.29 is 4.42 Å². The zero-order valence-electron chi connectivity index (χ0n) is 24.2. The topological polar surface area (TPSA) is 29.3 Å². The zero-order chi connectivity index (χ0) is 29.7. The lowest BCUT2D eigenvalue weighted by Crippen LogP contribution is -2.09. The second-order valence-electron chi connectivity index (χ2n) is 11.2. The molecule has 0 radical (unpaired) electrons. The zero-order valence-corrected chi connectivity index (χ0v) is 25.0. The Hall–Kier alpha value is -5.71. The van der Waals surface area contributed by atoms with E-state index >= 15 is 0 Å². The maximum absolute atomic E-state index is 6.11. The lowest BCUT2D eigenvalue weighted by atomic mass is 10.00. The van der Waals surface area contributed by atoms with Crippen molar-refractivity contribution in [2.75, 3.05) is 4.90 Å². The van der Waals surface area contributed by atoms with Crippen LogP contribution in [0.25, 0.3) is 64.6 Å². The number of aromatic nitrogens is 1. The highest BCUT2D eigenvalue weighted by Crippen LogP contribution is 2.41. The number of nitrogens with zero attached hydrogens (tertiary/aromatic N) is 2. The second-order valence-corrected chi connectivity index (χ2v) is 12.3. The van der Waals surface area contributed by atoms with E-state index in [2.05, 4.69) is 126 Å². The quantitative estimate of drug-likeness (QED) is 0.198. The fraction of sp³-hybridized carbons (Fsp3) is 0. The van der Waals surface area contributed by atoms with Crippen LogP contribution < -0.4 is 4.90 Å². The molecule has 4 heteroatoms. The summed E-state index contributed by atoms with van der Waals surface area (Å²) in [5.41, 5.74) is 8.39. The number of oxazole rings is 1. The normalized spacial score (nSPS) is 11.6. The first-order valence-electron chi connectivity index (χ1n) is 15.0. The fourth-order valence-corrected chi connectivity index (χ4v) is 7.42. The predicted molar refractivity (Wildman–Crippen MR) is 190 cm³/mol. The molecule has 0 amide bonds. The lowest BCUT2D eigenvalue weighted by molar-refractivity contribution is 0.620. The van der Waals surface area contributed by atoms with Crippen LogP contribution in [0.15, 0.2) is 162 Å². The number of hydrogen-bond acceptors (Lipinski definition) is 4. The van der Waals surface area contributed by atoms with Gasteiger partial charge in [0.2, 0.25) is 5.89 Å². The Morgan fingerprint density at radius 2 is 1.13 bits per heavy atom. The summed E-state index contributed by atoms with van der Waals surface area (Å²) >= 11 is 1.85. The molecule has 3 nitrogen and oxygen atoms in total. The fourth-order valence-electron chi connectivity index (χ4n) is 6.28. The molecule has 0 fully saturated rings. The minimum atomic E-state index is 0.646. The van der Waals surface area contributed by atoms with E-state index in [9.17, 15) is 0 Å². The van der Waals surface area contributed by atoms with Crippen LogP contribution in [-0.4, -0.2) is 4.98 Å². The average molecular weight is 595 g/mol. The number of anilines is 3. The van der Waals surface area contributed by atoms with Crippen LogP contribution in [0.4, 0.5) is 17.1 Å². The van der Waals surface area contributed by atoms with Gasteiger partial charge >= 0.3 is 0 Å². The van der Waals surface area contributed by atoms with Gasteiger partial charge in [-0.3, -0.25) is 0 Å². The molecule has 9 rings (SSSR count). The Morgan fingerprint density at radius 1 is 0.467 bits per heavy atom. The Bertz CT molecular complexity index is 2480. The Balaban J connectivity index is 1.09. The maximum Gasteiger partial charge on any atom is 0.227 e. The SMILES string of the molecule is c1ccc(-c2nc3c(ccc4cc(-c5ccc(N(c6ccccc6)c6ccc7c(c6)sc6ccccc67)cc5)ccc43)o2)cc1. The van der Waals surface area contributed by atoms with E-state index in [0.717, 1.165) is 50.1 Å². The van der Waals surface area contributed by atoms with E-state index in [1.165, 1.54) is 25.7 Å². The highest BCUT2D eigenvalue weighted by Gasteiger charge is 2.16. The maximum atomic E-state index is 6.11. The highest BCUT2D eigenvalue weighted by molar-refractivity contribution is 7.25. The molecule has 7 aromatic carbocycles. The molecule has 0 bridgehead atoms. The standard InChI is InChI=1S/C41H26N2OS/c1-3-9-28(10-4-1)41-42-40-34-22-17-29(25-30(34)18-24-37(40)44-41)27-15-19-32(20-16-27)43(31-11-5-2-6-12-31)33-21-23-36-35-13-7-8-14-38(35)45-39(36)26-33/h1-26H. The van der Waals surface area contributed by atoms with Gasteiger partial charge in [0, 0.05) is 48.2 Å². The molecule has 2 heterocycles. The minimum Gasteiger partial charge on any atom is -0.436 e. The molecule has 212 valence electrons. The van der Waals surface area contributed by atoms with E-state index in [1.54, 1.807) is 0 Å². The molecule has 0 saturated carbocycles. The molecule has 45 heavy (non-hydrogen) atoms. The van der Waals surface area contributed by atoms with Gasteiger partial charge in [0.15, 0.2) is 5.58 Å². The Kier molecular flexibility index (Phi) is 6.00. The van der Waals surface area contributed by atoms with Crippen molar-refractivity contribution in [1.29, 1.82) is 0 Å². The summed E-state index contributed by atoms with van der Waals surface area (Å²) in [5.74, 6) is 0.646. The van der Waals surface area contributed by atoms with E-state index in [-0.39, 0.29) is 0 Å². The number of benzene rings is 7. The molecule has 2 aromatic heterocycles. The molecule has 0 aliphatic heterocycles. The van der Waals surface area contributed by atoms with Crippen molar-refractivity contribution in [3.8, 4) is 22.6 Å². The van der Waals surface area contributed by atoms with E-state index in [1.807, 2.05) is 47.7 Å². The summed E-state index contributed by atoms with van der Waals surface area (Å²) in [4.78, 5) is 7.19. The number of para-hydroxylation sites is 1. The van der Waals surface area contributed by atoms with Gasteiger partial charge in [0.1, 0.15) is 5.52 Å². The molecule has 0 N–H and O–H groups in total. The number of hydrogen-bond donors (Lipinski definition) is 0. The van der Waals surface area contributed by atoms with Gasteiger partial charge in [-0.15, -0.1) is 11.3 Å². The first kappa shape index (κ1) is 25.8. The second kappa shape index (κ2) is 10.5. The Morgan fingerprint density at radius 3 is 1.98 bits per heavy atom. The van der Waals surface area contributed by atoms with Crippen molar-refractivity contribution in [3.63, 3.8) is 0 Å². The number of thiophene rings is 1. The highest BCUT2D eigenvalue weighted by atomic mass is 32.1. The molecule has 0 atom stereocenters. The van der Waals surface area contributed by atoms with Gasteiger partial charge in [-0.05, 0) is 83.2 Å². The summed E-state index contributed by atoms with van der Waals surface area (Å²) in [6.45, 7) is 0. The predicted octanol–water partition coefficient (Wildman–Crippen LogP) is 12.2. The molecule has 0 spiro atoms. The van der Waals surface area contributed by atoms with E-state index in [4.69, 9.17) is 9.40 Å². The monoisotopic (exact) mass is 594 g/mol. The van der Waals surface area contributed by atoms with Crippen LogP contribution in [0, 0.1) is 0 Å². The Labute approximate surface area is 264 Å². The third kappa shape index (κ3) is 4.46. The van der Waals surface area contributed by atoms with Gasteiger partial charge < -0.3 is 9.32 Å². The van der Waals surface area contributed by atoms with Gasteiger partial charge in [0.05, 0.1) is 0 Å². The third-order valence-corrected chi connectivity index (χ3v) is 9.62. The van der Waals surface area contributed by atoms with Crippen LogP contribution in [0.2, 0.25) is 0 Å². The van der Waals surface area contributed by atoms with Crippen molar-refractivity contribution in [2.24, 2.45) is 0 Å². The first-order valence-corrected chi connectivity index (χ1v) is 15.9. The van der Waals surface area contributed by atoms with Crippen LogP contribution in [0.5, 0.6) is 0 Å². The molecular weight excluding hydrogens is 569 g/mol. The summed E-state index contributed by atoms with van der Waals surface area (Å²) < 4.78 is 8.72. The van der Waals surface area contributed by atoms with Crippen molar-refractivity contribution in [1.82, 2.24) is 4.98 Å². The lowest BCUT2D eigenvalue weighted by Gasteiger charge is -2.25. The molecular formula is C41H26N2OS. The molecule has 0 saturated heterocycles. The molecule has 0 aliphatic carbocycles. The summed E-state index contributed by atoms with van der Waals surface area (Å²) in [6.07, 6.45) is 0. The van der Waals surface area contributed by atoms with Crippen LogP contribution in [-0.2, 0) is 0 Å². The summed E-state index contributed by atoms with van der Waals surface area (Å²) in [7, 11) is 0. The summed E-state index contributed by atoms with van der Waals surface area (Å²) in [6, 6.07) is 55.7. The van der Waals surface area contributed by atoms with Gasteiger partial charge in [0.25, 0.3) is 0 Å². The summed E-state index contributed by atoms with van der Waals surface area (Å²) in [5, 5.41) is 4.85. The minimum absolute atomic E-state index is 0.646.